The SMILES string of the molecule is COc1ccc(CN2CCC3(CC2)CC3C(=O)N2CCCN(C)CC2)c(OC)c1. The number of likely N-dealkylation sites (N-methyl/N-ethyl adjacent to an activating group) is 1. The summed E-state index contributed by atoms with van der Waals surface area (Å²) in [6, 6.07) is 6.05. The van der Waals surface area contributed by atoms with Gasteiger partial charge in [-0.3, -0.25) is 9.69 Å². The van der Waals surface area contributed by atoms with E-state index in [1.807, 2.05) is 12.1 Å². The van der Waals surface area contributed by atoms with Crippen molar-refractivity contribution in [2.45, 2.75) is 32.2 Å². The third-order valence-electron chi connectivity index (χ3n) is 7.26. The van der Waals surface area contributed by atoms with Gasteiger partial charge in [0, 0.05) is 43.7 Å². The normalized spacial score (nSPS) is 24.9. The molecule has 1 aliphatic carbocycles. The van der Waals surface area contributed by atoms with Crippen LogP contribution in [0.3, 0.4) is 0 Å². The van der Waals surface area contributed by atoms with Gasteiger partial charge in [0.05, 0.1) is 14.2 Å². The highest BCUT2D eigenvalue weighted by atomic mass is 16.5. The topological polar surface area (TPSA) is 45.2 Å². The van der Waals surface area contributed by atoms with Crippen LogP contribution in [0.25, 0.3) is 0 Å². The number of hydrogen-bond donors (Lipinski definition) is 0. The van der Waals surface area contributed by atoms with Gasteiger partial charge in [0.25, 0.3) is 0 Å². The van der Waals surface area contributed by atoms with E-state index in [0.29, 0.717) is 5.91 Å². The van der Waals surface area contributed by atoms with Gasteiger partial charge in [0.1, 0.15) is 11.5 Å². The van der Waals surface area contributed by atoms with Crippen molar-refractivity contribution in [1.29, 1.82) is 0 Å². The molecule has 0 aromatic heterocycles. The Hall–Kier alpha value is -1.79. The molecule has 2 aliphatic heterocycles. The molecule has 1 saturated carbocycles. The van der Waals surface area contributed by atoms with Crippen molar-refractivity contribution >= 4 is 5.91 Å². The summed E-state index contributed by atoms with van der Waals surface area (Å²) < 4.78 is 10.9. The van der Waals surface area contributed by atoms with Gasteiger partial charge in [-0.1, -0.05) is 6.07 Å². The molecule has 2 saturated heterocycles. The molecule has 1 spiro atoms. The Morgan fingerprint density at radius 1 is 1.07 bits per heavy atom. The molecule has 0 N–H and O–H groups in total. The number of nitrogens with zero attached hydrogens (tertiary/aromatic N) is 3. The van der Waals surface area contributed by atoms with Crippen molar-refractivity contribution in [2.75, 3.05) is 60.5 Å². The molecule has 3 aliphatic rings. The predicted molar refractivity (Wildman–Crippen MR) is 113 cm³/mol. The number of carbonyl (C=O) groups is 1. The van der Waals surface area contributed by atoms with E-state index in [4.69, 9.17) is 9.47 Å². The van der Waals surface area contributed by atoms with Crippen LogP contribution in [-0.4, -0.2) is 81.1 Å². The summed E-state index contributed by atoms with van der Waals surface area (Å²) in [6.45, 7) is 6.93. The largest absolute Gasteiger partial charge is 0.497 e. The highest BCUT2D eigenvalue weighted by molar-refractivity contribution is 5.82. The molecule has 6 heteroatoms. The molecule has 1 atom stereocenters. The van der Waals surface area contributed by atoms with Crippen molar-refractivity contribution in [3.63, 3.8) is 0 Å². The second-order valence-corrected chi connectivity index (χ2v) is 9.06. The molecule has 1 aromatic rings. The van der Waals surface area contributed by atoms with E-state index >= 15 is 0 Å². The first-order chi connectivity index (χ1) is 14.0. The number of hydrogen-bond acceptors (Lipinski definition) is 5. The standard InChI is InChI=1S/C23H35N3O3/c1-24-9-4-10-26(14-13-24)22(27)20-16-23(20)7-11-25(12-8-23)17-18-5-6-19(28-2)15-21(18)29-3/h5-6,15,20H,4,7-14,16-17H2,1-3H3. The maximum Gasteiger partial charge on any atom is 0.226 e. The van der Waals surface area contributed by atoms with Crippen molar-refractivity contribution in [1.82, 2.24) is 14.7 Å². The van der Waals surface area contributed by atoms with Gasteiger partial charge < -0.3 is 19.3 Å². The van der Waals surface area contributed by atoms with Crippen molar-refractivity contribution in [3.8, 4) is 11.5 Å². The van der Waals surface area contributed by atoms with Gasteiger partial charge >= 0.3 is 0 Å². The van der Waals surface area contributed by atoms with Crippen LogP contribution in [0.5, 0.6) is 11.5 Å². The quantitative estimate of drug-likeness (QED) is 0.759. The molecule has 1 amide bonds. The number of piperidine rings is 1. The average Bonchev–Trinajstić information content (AvgIpc) is 3.49. The summed E-state index contributed by atoms with van der Waals surface area (Å²) in [4.78, 5) is 20.0. The lowest BCUT2D eigenvalue weighted by molar-refractivity contribution is -0.133. The first-order valence-electron chi connectivity index (χ1n) is 11.0. The van der Waals surface area contributed by atoms with E-state index in [1.165, 1.54) is 5.56 Å². The van der Waals surface area contributed by atoms with Crippen LogP contribution in [0.2, 0.25) is 0 Å². The highest BCUT2D eigenvalue weighted by Crippen LogP contribution is 2.60. The monoisotopic (exact) mass is 401 g/mol. The molecule has 2 heterocycles. The second kappa shape index (κ2) is 8.52. The molecule has 4 rings (SSSR count). The zero-order valence-electron chi connectivity index (χ0n) is 18.2. The molecule has 1 aromatic carbocycles. The molecular formula is C23H35N3O3. The van der Waals surface area contributed by atoms with Gasteiger partial charge in [0.15, 0.2) is 0 Å². The van der Waals surface area contributed by atoms with Crippen LogP contribution >= 0.6 is 0 Å². The lowest BCUT2D eigenvalue weighted by atomic mass is 9.90. The number of likely N-dealkylation sites (tertiary alicyclic amines) is 1. The lowest BCUT2D eigenvalue weighted by Crippen LogP contribution is -2.39. The second-order valence-electron chi connectivity index (χ2n) is 9.06. The summed E-state index contributed by atoms with van der Waals surface area (Å²) in [5.74, 6) is 2.40. The Labute approximate surface area is 174 Å². The van der Waals surface area contributed by atoms with Crippen LogP contribution in [0.1, 0.15) is 31.2 Å². The number of benzene rings is 1. The number of methoxy groups -OCH3 is 2. The Balaban J connectivity index is 1.31. The van der Waals surface area contributed by atoms with E-state index in [0.717, 1.165) is 83.0 Å². The smallest absolute Gasteiger partial charge is 0.226 e. The van der Waals surface area contributed by atoms with Crippen molar-refractivity contribution in [3.05, 3.63) is 23.8 Å². The van der Waals surface area contributed by atoms with Crippen LogP contribution in [-0.2, 0) is 11.3 Å². The predicted octanol–water partition coefficient (Wildman–Crippen LogP) is 2.47. The van der Waals surface area contributed by atoms with E-state index in [1.54, 1.807) is 14.2 Å². The summed E-state index contributed by atoms with van der Waals surface area (Å²) in [6.07, 6.45) is 4.46. The molecule has 1 unspecified atom stereocenters. The van der Waals surface area contributed by atoms with Crippen molar-refractivity contribution in [2.24, 2.45) is 11.3 Å². The summed E-state index contributed by atoms with van der Waals surface area (Å²) >= 11 is 0. The van der Waals surface area contributed by atoms with Crippen molar-refractivity contribution < 1.29 is 14.3 Å². The first kappa shape index (κ1) is 20.5. The number of rotatable bonds is 5. The van der Waals surface area contributed by atoms with Gasteiger partial charge in [-0.05, 0) is 63.8 Å². The highest BCUT2D eigenvalue weighted by Gasteiger charge is 2.59. The third kappa shape index (κ3) is 4.38. The number of carbonyl (C=O) groups excluding carboxylic acids is 1. The summed E-state index contributed by atoms with van der Waals surface area (Å²) in [7, 11) is 5.54. The fraction of sp³-hybridized carbons (Fsp3) is 0.696. The summed E-state index contributed by atoms with van der Waals surface area (Å²) in [5.41, 5.74) is 1.47. The molecule has 29 heavy (non-hydrogen) atoms. The van der Waals surface area contributed by atoms with Gasteiger partial charge in [-0.15, -0.1) is 0 Å². The molecule has 6 nitrogen and oxygen atoms in total. The maximum atomic E-state index is 13.1. The van der Waals surface area contributed by atoms with E-state index in [2.05, 4.69) is 27.8 Å². The van der Waals surface area contributed by atoms with E-state index < -0.39 is 0 Å². The maximum absolute atomic E-state index is 13.1. The molecule has 0 radical (unpaired) electrons. The number of amides is 1. The molecular weight excluding hydrogens is 366 g/mol. The Morgan fingerprint density at radius 3 is 2.59 bits per heavy atom. The fourth-order valence-electron chi connectivity index (χ4n) is 5.12. The zero-order valence-corrected chi connectivity index (χ0v) is 18.2. The number of ether oxygens (including phenoxy) is 2. The average molecular weight is 402 g/mol. The van der Waals surface area contributed by atoms with E-state index in [-0.39, 0.29) is 11.3 Å². The molecule has 160 valence electrons. The third-order valence-corrected chi connectivity index (χ3v) is 7.26. The van der Waals surface area contributed by atoms with Crippen LogP contribution in [0.4, 0.5) is 0 Å². The van der Waals surface area contributed by atoms with Crippen LogP contribution < -0.4 is 9.47 Å². The summed E-state index contributed by atoms with van der Waals surface area (Å²) in [5, 5.41) is 0. The minimum absolute atomic E-state index is 0.267. The lowest BCUT2D eigenvalue weighted by Gasteiger charge is -2.33. The minimum Gasteiger partial charge on any atom is -0.497 e. The van der Waals surface area contributed by atoms with Gasteiger partial charge in [0.2, 0.25) is 5.91 Å². The van der Waals surface area contributed by atoms with E-state index in [9.17, 15) is 4.79 Å². The molecule has 3 fully saturated rings. The van der Waals surface area contributed by atoms with Gasteiger partial charge in [-0.2, -0.15) is 0 Å². The minimum atomic E-state index is 0.267. The first-order valence-corrected chi connectivity index (χ1v) is 11.0. The molecule has 0 bridgehead atoms. The Bertz CT molecular complexity index is 730. The van der Waals surface area contributed by atoms with Crippen LogP contribution in [0, 0.1) is 11.3 Å². The Morgan fingerprint density at radius 2 is 1.86 bits per heavy atom. The fourth-order valence-corrected chi connectivity index (χ4v) is 5.12. The van der Waals surface area contributed by atoms with Crippen LogP contribution in [0.15, 0.2) is 18.2 Å². The zero-order chi connectivity index (χ0) is 20.4. The van der Waals surface area contributed by atoms with Gasteiger partial charge in [-0.25, -0.2) is 0 Å². The Kier molecular flexibility index (Phi) is 6.02.